The zero-order valence-corrected chi connectivity index (χ0v) is 35.9. The molecule has 66 heavy (non-hydrogen) atoms. The van der Waals surface area contributed by atoms with Gasteiger partial charge >= 0.3 is 0 Å². The Morgan fingerprint density at radius 3 is 1.30 bits per heavy atom. The Hall–Kier alpha value is -8.79. The molecule has 0 saturated heterocycles. The van der Waals surface area contributed by atoms with E-state index in [0.29, 0.717) is 5.82 Å². The van der Waals surface area contributed by atoms with Crippen LogP contribution in [-0.2, 0) is 0 Å². The molecule has 2 aromatic heterocycles. The Morgan fingerprint density at radius 2 is 0.697 bits per heavy atom. The molecule has 0 fully saturated rings. The summed E-state index contributed by atoms with van der Waals surface area (Å²) >= 11 is 0. The van der Waals surface area contributed by atoms with Gasteiger partial charge in [-0.05, 0) is 107 Å². The second-order valence-electron chi connectivity index (χ2n) is 17.0. The molecule has 1 aliphatic carbocycles. The third kappa shape index (κ3) is 6.17. The van der Waals surface area contributed by atoms with Gasteiger partial charge in [-0.1, -0.05) is 212 Å². The minimum absolute atomic E-state index is 0.687. The van der Waals surface area contributed by atoms with Crippen molar-refractivity contribution in [3.8, 4) is 101 Å². The summed E-state index contributed by atoms with van der Waals surface area (Å²) in [5, 5.41) is 6.20. The number of rotatable bonds is 7. The number of nitrogens with zero attached hydrogens (tertiary/aromatic N) is 3. The molecule has 0 bridgehead atoms. The number of hydrogen-bond acceptors (Lipinski definition) is 3. The largest absolute Gasteiger partial charge is 0.256 e. The molecule has 0 spiro atoms. The highest BCUT2D eigenvalue weighted by Gasteiger charge is 2.31. The fraction of sp³-hybridized carbons (Fsp3) is 0. The van der Waals surface area contributed by atoms with Gasteiger partial charge < -0.3 is 0 Å². The first-order valence-electron chi connectivity index (χ1n) is 22.5. The van der Waals surface area contributed by atoms with Gasteiger partial charge in [0.2, 0.25) is 0 Å². The van der Waals surface area contributed by atoms with Crippen molar-refractivity contribution in [3.05, 3.63) is 237 Å². The van der Waals surface area contributed by atoms with Crippen molar-refractivity contribution in [1.82, 2.24) is 15.0 Å². The normalized spacial score (nSPS) is 11.6. The van der Waals surface area contributed by atoms with E-state index in [-0.39, 0.29) is 0 Å². The number of aromatic nitrogens is 3. The third-order valence-corrected chi connectivity index (χ3v) is 13.3. The highest BCUT2D eigenvalue weighted by molar-refractivity contribution is 6.28. The van der Waals surface area contributed by atoms with E-state index in [1.54, 1.807) is 0 Å². The minimum atomic E-state index is 0.687. The van der Waals surface area contributed by atoms with Crippen molar-refractivity contribution in [1.29, 1.82) is 0 Å². The summed E-state index contributed by atoms with van der Waals surface area (Å²) in [7, 11) is 0. The van der Waals surface area contributed by atoms with Crippen LogP contribution in [0.4, 0.5) is 0 Å². The first kappa shape index (κ1) is 37.7. The maximum absolute atomic E-state index is 5.23. The molecule has 1 aliphatic rings. The Bertz CT molecular complexity index is 3730. The van der Waals surface area contributed by atoms with Gasteiger partial charge in [0.05, 0.1) is 16.9 Å². The SMILES string of the molecule is c1ccc(-c2cc(-c3ccc(-c4ccnc5ccccc45)cc3)nc(-c3ccc(-c4ccc5c6c(cccc46)-c4c-5c(-c5ccccc5)c5ccccc5c4-c4ccccc4)cc3)n2)cc1. The molecule has 0 saturated carbocycles. The van der Waals surface area contributed by atoms with Crippen LogP contribution in [0.25, 0.3) is 133 Å². The van der Waals surface area contributed by atoms with E-state index >= 15 is 0 Å². The monoisotopic (exact) mass is 837 g/mol. The maximum Gasteiger partial charge on any atom is 0.160 e. The highest BCUT2D eigenvalue weighted by Crippen LogP contribution is 2.58. The average Bonchev–Trinajstić information content (AvgIpc) is 3.73. The summed E-state index contributed by atoms with van der Waals surface area (Å²) in [6.07, 6.45) is 1.88. The van der Waals surface area contributed by atoms with E-state index in [0.717, 1.165) is 55.7 Å². The molecule has 12 aromatic rings. The number of fused-ring (bicyclic) bond motifs is 5. The Labute approximate surface area is 383 Å². The van der Waals surface area contributed by atoms with E-state index in [1.165, 1.54) is 71.6 Å². The summed E-state index contributed by atoms with van der Waals surface area (Å²) < 4.78 is 0. The zero-order chi connectivity index (χ0) is 43.6. The highest BCUT2D eigenvalue weighted by atomic mass is 14.9. The molecule has 3 heteroatoms. The van der Waals surface area contributed by atoms with Crippen molar-refractivity contribution < 1.29 is 0 Å². The Kier molecular flexibility index (Phi) is 8.85. The van der Waals surface area contributed by atoms with Crippen molar-refractivity contribution >= 4 is 32.4 Å². The fourth-order valence-corrected chi connectivity index (χ4v) is 10.3. The number of hydrogen-bond donors (Lipinski definition) is 0. The number of para-hydroxylation sites is 1. The number of pyridine rings is 1. The predicted molar refractivity (Wildman–Crippen MR) is 275 cm³/mol. The van der Waals surface area contributed by atoms with Crippen LogP contribution in [0, 0.1) is 0 Å². The lowest BCUT2D eigenvalue weighted by Crippen LogP contribution is -1.96. The molecule has 0 aliphatic heterocycles. The zero-order valence-electron chi connectivity index (χ0n) is 35.9. The Balaban J connectivity index is 0.927. The second-order valence-corrected chi connectivity index (χ2v) is 17.0. The summed E-state index contributed by atoms with van der Waals surface area (Å²) in [5.74, 6) is 0.687. The molecule has 0 unspecified atom stereocenters. The minimum Gasteiger partial charge on any atom is -0.256 e. The molecule has 0 N–H and O–H groups in total. The molecule has 0 amide bonds. The maximum atomic E-state index is 5.23. The van der Waals surface area contributed by atoms with Gasteiger partial charge in [0, 0.05) is 28.3 Å². The van der Waals surface area contributed by atoms with Gasteiger partial charge in [-0.15, -0.1) is 0 Å². The number of benzene rings is 10. The van der Waals surface area contributed by atoms with Crippen LogP contribution in [-0.4, -0.2) is 15.0 Å². The van der Waals surface area contributed by atoms with E-state index in [9.17, 15) is 0 Å². The quantitative estimate of drug-likeness (QED) is 0.160. The van der Waals surface area contributed by atoms with Gasteiger partial charge in [0.1, 0.15) is 0 Å². The summed E-state index contributed by atoms with van der Waals surface area (Å²) in [4.78, 5) is 15.0. The van der Waals surface area contributed by atoms with Crippen LogP contribution < -0.4 is 0 Å². The molecule has 2 heterocycles. The van der Waals surface area contributed by atoms with Crippen LogP contribution in [0.2, 0.25) is 0 Å². The summed E-state index contributed by atoms with van der Waals surface area (Å²) in [5.41, 5.74) is 20.6. The lowest BCUT2D eigenvalue weighted by Gasteiger charge is -2.20. The van der Waals surface area contributed by atoms with E-state index in [4.69, 9.17) is 9.97 Å². The third-order valence-electron chi connectivity index (χ3n) is 13.3. The molecular weight excluding hydrogens is 799 g/mol. The van der Waals surface area contributed by atoms with Crippen LogP contribution in [0.3, 0.4) is 0 Å². The topological polar surface area (TPSA) is 38.7 Å². The first-order chi connectivity index (χ1) is 32.7. The van der Waals surface area contributed by atoms with Crippen molar-refractivity contribution in [2.75, 3.05) is 0 Å². The molecule has 0 atom stereocenters. The summed E-state index contributed by atoms with van der Waals surface area (Å²) in [6.45, 7) is 0. The summed E-state index contributed by atoms with van der Waals surface area (Å²) in [6, 6.07) is 82.6. The molecule has 10 aromatic carbocycles. The van der Waals surface area contributed by atoms with E-state index in [1.807, 2.05) is 18.3 Å². The van der Waals surface area contributed by atoms with E-state index in [2.05, 4.69) is 223 Å². The first-order valence-corrected chi connectivity index (χ1v) is 22.5. The van der Waals surface area contributed by atoms with Crippen LogP contribution in [0.1, 0.15) is 0 Å². The molecule has 306 valence electrons. The van der Waals surface area contributed by atoms with Gasteiger partial charge in [-0.2, -0.15) is 0 Å². The lowest BCUT2D eigenvalue weighted by molar-refractivity contribution is 1.18. The molecular formula is C63H39N3. The van der Waals surface area contributed by atoms with Gasteiger partial charge in [0.25, 0.3) is 0 Å². The molecule has 3 nitrogen and oxygen atoms in total. The molecule has 0 radical (unpaired) electrons. The Morgan fingerprint density at radius 1 is 0.258 bits per heavy atom. The van der Waals surface area contributed by atoms with Gasteiger partial charge in [-0.3, -0.25) is 4.98 Å². The van der Waals surface area contributed by atoms with E-state index < -0.39 is 0 Å². The van der Waals surface area contributed by atoms with Gasteiger partial charge in [-0.25, -0.2) is 9.97 Å². The molecule has 13 rings (SSSR count). The standard InChI is InChI=1S/C63H39N3/c1-4-15-42(16-5-1)56-39-57(43-31-27-41(28-32-43)48-37-38-64-55-26-13-12-21-49(48)55)66-63(65-56)46-33-29-40(30-34-46)47-35-36-54-60-50(47)24-14-25-53(60)61-58(44-17-6-2-7-18-44)51-22-10-11-23-52(51)59(62(54)61)45-19-8-3-9-20-45/h1-39H. The smallest absolute Gasteiger partial charge is 0.160 e. The van der Waals surface area contributed by atoms with Crippen LogP contribution >= 0.6 is 0 Å². The predicted octanol–water partition coefficient (Wildman–Crippen LogP) is 16.6. The fourth-order valence-electron chi connectivity index (χ4n) is 10.3. The van der Waals surface area contributed by atoms with Crippen molar-refractivity contribution in [2.45, 2.75) is 0 Å². The van der Waals surface area contributed by atoms with Gasteiger partial charge in [0.15, 0.2) is 5.82 Å². The second kappa shape index (κ2) is 15.5. The average molecular weight is 838 g/mol. The van der Waals surface area contributed by atoms with Crippen molar-refractivity contribution in [2.24, 2.45) is 0 Å². The lowest BCUT2D eigenvalue weighted by atomic mass is 9.82. The van der Waals surface area contributed by atoms with Crippen LogP contribution in [0.5, 0.6) is 0 Å². The van der Waals surface area contributed by atoms with Crippen molar-refractivity contribution in [3.63, 3.8) is 0 Å². The van der Waals surface area contributed by atoms with Crippen LogP contribution in [0.15, 0.2) is 237 Å².